The summed E-state index contributed by atoms with van der Waals surface area (Å²) in [6.45, 7) is 13.7. The maximum Gasteiger partial charge on any atom is 0.407 e. The Hall–Kier alpha value is -4.21. The summed E-state index contributed by atoms with van der Waals surface area (Å²) < 4.78 is 9.23. The van der Waals surface area contributed by atoms with Crippen molar-refractivity contribution in [3.05, 3.63) is 71.3 Å². The van der Waals surface area contributed by atoms with E-state index < -0.39 is 11.6 Å². The number of nitrogens with one attached hydrogen (secondary N) is 2. The molecule has 0 aliphatic carbocycles. The molecule has 0 spiro atoms. The molecule has 0 aromatic heterocycles. The molecule has 44 heavy (non-hydrogen) atoms. The number of rotatable bonds is 10. The van der Waals surface area contributed by atoms with E-state index in [1.807, 2.05) is 69.9 Å². The zero-order valence-corrected chi connectivity index (χ0v) is 27.4. The standard InChI is InChI=1S/C19H19NO2.C9H19NO2.C4H7NO3.C2H6/c21-18(16-7-2-1-3-8-16)10-11-19(22)20-13-12-15-6-4-5-9-17(15)14-20;1-5-6-7-10-8(11)12-9(2,3)4;1-8-4(7)2-5-3-6;1-2/h1-9H,10-14H2;5-7H2,1-4H3,(H,10,11);3H,2H2,1H3,(H,5,6);1-2H3. The first kappa shape index (κ1) is 39.8. The zero-order chi connectivity index (χ0) is 33.4. The third kappa shape index (κ3) is 18.4. The Bertz CT molecular complexity index is 1130. The highest BCUT2D eigenvalue weighted by atomic mass is 16.6. The first-order valence-electron chi connectivity index (χ1n) is 15.1. The number of unbranched alkanes of at least 4 members (excludes halogenated alkanes) is 1. The summed E-state index contributed by atoms with van der Waals surface area (Å²) in [6.07, 6.45) is 3.66. The molecule has 1 aliphatic rings. The molecule has 0 saturated heterocycles. The summed E-state index contributed by atoms with van der Waals surface area (Å²) in [6, 6.07) is 17.4. The molecule has 10 heteroatoms. The van der Waals surface area contributed by atoms with Gasteiger partial charge in [-0.05, 0) is 44.7 Å². The molecule has 2 aromatic rings. The van der Waals surface area contributed by atoms with Crippen LogP contribution in [0, 0.1) is 0 Å². The maximum absolute atomic E-state index is 12.3. The molecule has 10 nitrogen and oxygen atoms in total. The number of esters is 1. The lowest BCUT2D eigenvalue weighted by molar-refractivity contribution is -0.140. The van der Waals surface area contributed by atoms with Crippen LogP contribution < -0.4 is 10.6 Å². The fourth-order valence-electron chi connectivity index (χ4n) is 3.73. The molecule has 3 rings (SSSR count). The number of ether oxygens (including phenoxy) is 2. The minimum absolute atomic E-state index is 0.0337. The second kappa shape index (κ2) is 23.3. The van der Waals surface area contributed by atoms with Gasteiger partial charge in [-0.3, -0.25) is 19.2 Å². The Kier molecular flexibility index (Phi) is 21.0. The number of fused-ring (bicyclic) bond motifs is 1. The van der Waals surface area contributed by atoms with E-state index in [9.17, 15) is 24.0 Å². The molecule has 3 amide bonds. The normalized spacial score (nSPS) is 11.3. The highest BCUT2D eigenvalue weighted by molar-refractivity contribution is 5.97. The highest BCUT2D eigenvalue weighted by Crippen LogP contribution is 2.19. The average Bonchev–Trinajstić information content (AvgIpc) is 3.03. The first-order valence-corrected chi connectivity index (χ1v) is 15.1. The minimum Gasteiger partial charge on any atom is -0.468 e. The second-order valence-electron chi connectivity index (χ2n) is 10.5. The van der Waals surface area contributed by atoms with Gasteiger partial charge in [0.25, 0.3) is 0 Å². The van der Waals surface area contributed by atoms with E-state index in [-0.39, 0.29) is 37.2 Å². The van der Waals surface area contributed by atoms with Crippen molar-refractivity contribution < 1.29 is 33.4 Å². The number of hydrogen-bond acceptors (Lipinski definition) is 7. The number of carbonyl (C=O) groups excluding carboxylic acids is 5. The first-order chi connectivity index (χ1) is 21.0. The van der Waals surface area contributed by atoms with Gasteiger partial charge in [-0.15, -0.1) is 0 Å². The largest absolute Gasteiger partial charge is 0.468 e. The Morgan fingerprint density at radius 1 is 0.932 bits per heavy atom. The molecule has 2 aromatic carbocycles. The third-order valence-corrected chi connectivity index (χ3v) is 5.90. The van der Waals surface area contributed by atoms with Crippen LogP contribution >= 0.6 is 0 Å². The predicted octanol–water partition coefficient (Wildman–Crippen LogP) is 5.48. The summed E-state index contributed by atoms with van der Waals surface area (Å²) in [5.41, 5.74) is 2.83. The van der Waals surface area contributed by atoms with Crippen LogP contribution in [0.25, 0.3) is 0 Å². The third-order valence-electron chi connectivity index (χ3n) is 5.90. The molecule has 0 unspecified atom stereocenters. The summed E-state index contributed by atoms with van der Waals surface area (Å²) in [7, 11) is 1.26. The number of Topliss-reactive ketones (excluding diaryl/α,β-unsaturated/α-hetero) is 1. The van der Waals surface area contributed by atoms with Crippen LogP contribution in [-0.2, 0) is 36.8 Å². The lowest BCUT2D eigenvalue weighted by Crippen LogP contribution is -2.36. The van der Waals surface area contributed by atoms with Crippen molar-refractivity contribution in [3.8, 4) is 0 Å². The summed E-state index contributed by atoms with van der Waals surface area (Å²) in [5.74, 6) is -0.345. The Morgan fingerprint density at radius 3 is 2.11 bits per heavy atom. The SMILES string of the molecule is CC.CCCCNC(=O)OC(C)(C)C.COC(=O)CNC=O.O=C(CCC(=O)N1CCc2ccccc2C1)c1ccccc1. The molecule has 244 valence electrons. The summed E-state index contributed by atoms with van der Waals surface area (Å²) >= 11 is 0. The second-order valence-corrected chi connectivity index (χ2v) is 10.5. The number of alkyl carbamates (subject to hydrolysis) is 1. The van der Waals surface area contributed by atoms with Gasteiger partial charge in [0.1, 0.15) is 12.1 Å². The van der Waals surface area contributed by atoms with Gasteiger partial charge in [-0.1, -0.05) is 81.8 Å². The monoisotopic (exact) mass is 613 g/mol. The van der Waals surface area contributed by atoms with Gasteiger partial charge in [0.15, 0.2) is 5.78 Å². The summed E-state index contributed by atoms with van der Waals surface area (Å²) in [4.78, 5) is 56.9. The van der Waals surface area contributed by atoms with Gasteiger partial charge in [0.05, 0.1) is 7.11 Å². The maximum atomic E-state index is 12.3. The van der Waals surface area contributed by atoms with Crippen molar-refractivity contribution >= 4 is 30.2 Å². The van der Waals surface area contributed by atoms with Gasteiger partial charge in [-0.25, -0.2) is 4.79 Å². The Balaban J connectivity index is 0.000000711. The van der Waals surface area contributed by atoms with Crippen LogP contribution in [0.15, 0.2) is 54.6 Å². The van der Waals surface area contributed by atoms with E-state index in [0.717, 1.165) is 25.8 Å². The number of benzene rings is 2. The molecule has 2 N–H and O–H groups in total. The number of methoxy groups -OCH3 is 1. The minimum atomic E-state index is -0.447. The van der Waals surface area contributed by atoms with E-state index in [2.05, 4.69) is 34.4 Å². The van der Waals surface area contributed by atoms with Gasteiger partial charge in [0.2, 0.25) is 12.3 Å². The van der Waals surface area contributed by atoms with Crippen LogP contribution in [0.2, 0.25) is 0 Å². The van der Waals surface area contributed by atoms with Crippen molar-refractivity contribution in [3.63, 3.8) is 0 Å². The zero-order valence-electron chi connectivity index (χ0n) is 27.4. The molecule has 1 heterocycles. The summed E-state index contributed by atoms with van der Waals surface area (Å²) in [5, 5.41) is 4.82. The number of carbonyl (C=O) groups is 5. The van der Waals surface area contributed by atoms with Crippen molar-refractivity contribution in [2.45, 2.75) is 85.8 Å². The topological polar surface area (TPSA) is 131 Å². The van der Waals surface area contributed by atoms with Gasteiger partial charge < -0.3 is 25.0 Å². The molecule has 0 fully saturated rings. The van der Waals surface area contributed by atoms with Gasteiger partial charge in [-0.2, -0.15) is 0 Å². The molecular formula is C34H51N3O7. The lowest BCUT2D eigenvalue weighted by atomic mass is 9.99. The van der Waals surface area contributed by atoms with E-state index >= 15 is 0 Å². The number of amides is 3. The van der Waals surface area contributed by atoms with Crippen molar-refractivity contribution in [1.29, 1.82) is 0 Å². The van der Waals surface area contributed by atoms with E-state index in [1.54, 1.807) is 12.1 Å². The van der Waals surface area contributed by atoms with E-state index in [1.165, 1.54) is 18.2 Å². The smallest absolute Gasteiger partial charge is 0.407 e. The molecule has 0 bridgehead atoms. The molecule has 0 atom stereocenters. The fourth-order valence-corrected chi connectivity index (χ4v) is 3.73. The van der Waals surface area contributed by atoms with Crippen LogP contribution in [-0.4, -0.2) is 67.4 Å². The fraction of sp³-hybridized carbons (Fsp3) is 0.500. The number of nitrogens with zero attached hydrogens (tertiary/aromatic N) is 1. The molecule has 0 radical (unpaired) electrons. The Labute approximate surface area is 262 Å². The highest BCUT2D eigenvalue weighted by Gasteiger charge is 2.21. The van der Waals surface area contributed by atoms with E-state index in [0.29, 0.717) is 25.1 Å². The molecule has 1 aliphatic heterocycles. The van der Waals surface area contributed by atoms with Gasteiger partial charge >= 0.3 is 12.1 Å². The van der Waals surface area contributed by atoms with Crippen molar-refractivity contribution in [2.75, 3.05) is 26.7 Å². The van der Waals surface area contributed by atoms with Crippen LogP contribution in [0.3, 0.4) is 0 Å². The van der Waals surface area contributed by atoms with Gasteiger partial charge in [0, 0.05) is 38.0 Å². The average molecular weight is 614 g/mol. The number of hydrogen-bond donors (Lipinski definition) is 2. The molecule has 0 saturated carbocycles. The Morgan fingerprint density at radius 2 is 1.55 bits per heavy atom. The van der Waals surface area contributed by atoms with Crippen LogP contribution in [0.4, 0.5) is 4.79 Å². The number of ketones is 1. The van der Waals surface area contributed by atoms with E-state index in [4.69, 9.17) is 4.74 Å². The predicted molar refractivity (Wildman–Crippen MR) is 172 cm³/mol. The lowest BCUT2D eigenvalue weighted by Gasteiger charge is -2.28. The van der Waals surface area contributed by atoms with Crippen molar-refractivity contribution in [1.82, 2.24) is 15.5 Å². The molecular weight excluding hydrogens is 562 g/mol. The quantitative estimate of drug-likeness (QED) is 0.157. The van der Waals surface area contributed by atoms with Crippen molar-refractivity contribution in [2.24, 2.45) is 0 Å². The van der Waals surface area contributed by atoms with Crippen LogP contribution in [0.1, 0.15) is 88.7 Å². The van der Waals surface area contributed by atoms with Crippen LogP contribution in [0.5, 0.6) is 0 Å².